The number of ether oxygens (including phenoxy) is 1. The summed E-state index contributed by atoms with van der Waals surface area (Å²) in [5.74, 6) is 1.71. The van der Waals surface area contributed by atoms with Crippen molar-refractivity contribution in [1.82, 2.24) is 20.2 Å². The first-order chi connectivity index (χ1) is 9.79. The van der Waals surface area contributed by atoms with Crippen molar-refractivity contribution in [3.05, 3.63) is 42.7 Å². The van der Waals surface area contributed by atoms with Gasteiger partial charge >= 0.3 is 0 Å². The van der Waals surface area contributed by atoms with Gasteiger partial charge in [0.15, 0.2) is 11.6 Å². The van der Waals surface area contributed by atoms with E-state index in [1.54, 1.807) is 25.6 Å². The van der Waals surface area contributed by atoms with Crippen molar-refractivity contribution in [2.75, 3.05) is 12.8 Å². The van der Waals surface area contributed by atoms with Crippen molar-refractivity contribution in [1.29, 1.82) is 0 Å². The summed E-state index contributed by atoms with van der Waals surface area (Å²) in [6, 6.07) is 9.37. The number of nitrogen functional groups attached to an aromatic ring is 1. The van der Waals surface area contributed by atoms with Crippen molar-refractivity contribution in [3.8, 4) is 28.4 Å². The maximum atomic E-state index is 5.96. The molecule has 0 amide bonds. The molecule has 3 N–H and O–H groups in total. The zero-order valence-electron chi connectivity index (χ0n) is 10.9. The number of nitrogens with one attached hydrogen (secondary N) is 1. The van der Waals surface area contributed by atoms with Crippen LogP contribution in [-0.4, -0.2) is 27.3 Å². The van der Waals surface area contributed by atoms with Gasteiger partial charge in [0.25, 0.3) is 0 Å². The van der Waals surface area contributed by atoms with Gasteiger partial charge in [-0.25, -0.2) is 9.97 Å². The van der Waals surface area contributed by atoms with Gasteiger partial charge < -0.3 is 10.5 Å². The third kappa shape index (κ3) is 2.07. The van der Waals surface area contributed by atoms with Crippen LogP contribution in [0.3, 0.4) is 0 Å². The minimum Gasteiger partial charge on any atom is -0.497 e. The average molecular weight is 267 g/mol. The molecule has 3 aromatic rings. The van der Waals surface area contributed by atoms with Gasteiger partial charge in [-0.1, -0.05) is 12.1 Å². The Bertz CT molecular complexity index is 723. The van der Waals surface area contributed by atoms with Crippen LogP contribution in [-0.2, 0) is 0 Å². The van der Waals surface area contributed by atoms with Gasteiger partial charge in [0.1, 0.15) is 11.4 Å². The van der Waals surface area contributed by atoms with Crippen molar-refractivity contribution >= 4 is 5.82 Å². The van der Waals surface area contributed by atoms with Gasteiger partial charge in [-0.2, -0.15) is 5.10 Å². The minimum atomic E-state index is 0.403. The molecule has 0 spiro atoms. The van der Waals surface area contributed by atoms with E-state index in [1.165, 1.54) is 0 Å². The summed E-state index contributed by atoms with van der Waals surface area (Å²) in [7, 11) is 1.62. The summed E-state index contributed by atoms with van der Waals surface area (Å²) < 4.78 is 5.24. The second kappa shape index (κ2) is 5.00. The fourth-order valence-electron chi connectivity index (χ4n) is 2.02. The number of nitrogens with zero attached hydrogens (tertiary/aromatic N) is 3. The van der Waals surface area contributed by atoms with E-state index < -0.39 is 0 Å². The molecule has 0 aliphatic heterocycles. The number of aromatic nitrogens is 4. The van der Waals surface area contributed by atoms with Crippen LogP contribution in [0.4, 0.5) is 5.82 Å². The molecule has 0 bridgehead atoms. The van der Waals surface area contributed by atoms with Crippen LogP contribution >= 0.6 is 0 Å². The first-order valence-corrected chi connectivity index (χ1v) is 6.05. The molecule has 3 rings (SSSR count). The number of rotatable bonds is 3. The predicted octanol–water partition coefficient (Wildman–Crippen LogP) is 2.12. The first-order valence-electron chi connectivity index (χ1n) is 6.05. The van der Waals surface area contributed by atoms with Crippen LogP contribution in [0.25, 0.3) is 22.6 Å². The summed E-state index contributed by atoms with van der Waals surface area (Å²) in [5.41, 5.74) is 8.33. The molecular weight excluding hydrogens is 254 g/mol. The number of hydrogen-bond donors (Lipinski definition) is 2. The molecule has 0 unspecified atom stereocenters. The Morgan fingerprint density at radius 1 is 1.15 bits per heavy atom. The van der Waals surface area contributed by atoms with Crippen molar-refractivity contribution in [3.63, 3.8) is 0 Å². The minimum absolute atomic E-state index is 0.403. The highest BCUT2D eigenvalue weighted by Gasteiger charge is 2.16. The van der Waals surface area contributed by atoms with Crippen molar-refractivity contribution in [2.45, 2.75) is 0 Å². The Hall–Kier alpha value is -2.89. The highest BCUT2D eigenvalue weighted by molar-refractivity contribution is 5.86. The molecule has 6 heteroatoms. The number of benzene rings is 1. The smallest absolute Gasteiger partial charge is 0.178 e. The molecule has 2 heterocycles. The van der Waals surface area contributed by atoms with Crippen LogP contribution in [0.15, 0.2) is 42.7 Å². The Morgan fingerprint density at radius 2 is 1.95 bits per heavy atom. The number of hydrogen-bond acceptors (Lipinski definition) is 5. The maximum absolute atomic E-state index is 5.96. The summed E-state index contributed by atoms with van der Waals surface area (Å²) in [6.45, 7) is 0. The topological polar surface area (TPSA) is 89.7 Å². The largest absolute Gasteiger partial charge is 0.497 e. The highest BCUT2D eigenvalue weighted by Crippen LogP contribution is 2.34. The summed E-state index contributed by atoms with van der Waals surface area (Å²) in [4.78, 5) is 8.44. The Morgan fingerprint density at radius 3 is 2.70 bits per heavy atom. The lowest BCUT2D eigenvalue weighted by molar-refractivity contribution is 0.415. The standard InChI is InChI=1S/C14H13N5O/c1-20-10-5-2-4-9(8-10)11-12(18-19-13(11)15)14-16-6-3-7-17-14/h2-8H,1H3,(H3,15,18,19). The van der Waals surface area contributed by atoms with E-state index in [2.05, 4.69) is 20.2 Å². The van der Waals surface area contributed by atoms with Crippen LogP contribution in [0.5, 0.6) is 5.75 Å². The lowest BCUT2D eigenvalue weighted by atomic mass is 10.0. The Kier molecular flexibility index (Phi) is 3.04. The van der Waals surface area contributed by atoms with Gasteiger partial charge in [-0.3, -0.25) is 5.10 Å². The lowest BCUT2D eigenvalue weighted by Crippen LogP contribution is -1.92. The van der Waals surface area contributed by atoms with E-state index >= 15 is 0 Å². The normalized spacial score (nSPS) is 10.4. The molecule has 20 heavy (non-hydrogen) atoms. The van der Waals surface area contributed by atoms with Crippen molar-refractivity contribution < 1.29 is 4.74 Å². The molecule has 0 fully saturated rings. The third-order valence-electron chi connectivity index (χ3n) is 2.94. The molecule has 100 valence electrons. The SMILES string of the molecule is COc1cccc(-c2c(N)n[nH]c2-c2ncccn2)c1. The van der Waals surface area contributed by atoms with Gasteiger partial charge in [0.2, 0.25) is 0 Å². The second-order valence-electron chi connectivity index (χ2n) is 4.16. The Labute approximate surface area is 115 Å². The van der Waals surface area contributed by atoms with Crippen LogP contribution in [0.1, 0.15) is 0 Å². The molecule has 0 atom stereocenters. The molecule has 1 aromatic carbocycles. The second-order valence-corrected chi connectivity index (χ2v) is 4.16. The summed E-state index contributed by atoms with van der Waals surface area (Å²) >= 11 is 0. The van der Waals surface area contributed by atoms with Crippen LogP contribution in [0, 0.1) is 0 Å². The van der Waals surface area contributed by atoms with Crippen LogP contribution in [0.2, 0.25) is 0 Å². The van der Waals surface area contributed by atoms with E-state index in [0.717, 1.165) is 16.9 Å². The number of nitrogens with two attached hydrogens (primary N) is 1. The van der Waals surface area contributed by atoms with E-state index in [0.29, 0.717) is 17.3 Å². The molecule has 0 saturated carbocycles. The number of anilines is 1. The fraction of sp³-hybridized carbons (Fsp3) is 0.0714. The molecule has 6 nitrogen and oxygen atoms in total. The van der Waals surface area contributed by atoms with Crippen molar-refractivity contribution in [2.24, 2.45) is 0 Å². The predicted molar refractivity (Wildman–Crippen MR) is 76.0 cm³/mol. The molecule has 0 saturated heterocycles. The van der Waals surface area contributed by atoms with Gasteiger partial charge in [-0.05, 0) is 23.8 Å². The monoisotopic (exact) mass is 267 g/mol. The number of H-pyrrole nitrogens is 1. The highest BCUT2D eigenvalue weighted by atomic mass is 16.5. The molecule has 0 aliphatic carbocycles. The van der Waals surface area contributed by atoms with E-state index in [1.807, 2.05) is 24.3 Å². The van der Waals surface area contributed by atoms with Crippen LogP contribution < -0.4 is 10.5 Å². The fourth-order valence-corrected chi connectivity index (χ4v) is 2.02. The maximum Gasteiger partial charge on any atom is 0.178 e. The third-order valence-corrected chi connectivity index (χ3v) is 2.94. The first kappa shape index (κ1) is 12.2. The Balaban J connectivity index is 2.16. The zero-order valence-corrected chi connectivity index (χ0v) is 10.9. The summed E-state index contributed by atoms with van der Waals surface area (Å²) in [5, 5.41) is 6.94. The van der Waals surface area contributed by atoms with Gasteiger partial charge in [0, 0.05) is 12.4 Å². The lowest BCUT2D eigenvalue weighted by Gasteiger charge is -2.05. The molecule has 0 aliphatic rings. The summed E-state index contributed by atoms with van der Waals surface area (Å²) in [6.07, 6.45) is 3.35. The van der Waals surface area contributed by atoms with Gasteiger partial charge in [-0.15, -0.1) is 0 Å². The molecular formula is C14H13N5O. The van der Waals surface area contributed by atoms with E-state index in [-0.39, 0.29) is 0 Å². The molecule has 0 radical (unpaired) electrons. The van der Waals surface area contributed by atoms with Gasteiger partial charge in [0.05, 0.1) is 12.7 Å². The molecule has 2 aromatic heterocycles. The zero-order chi connectivity index (χ0) is 13.9. The quantitative estimate of drug-likeness (QED) is 0.758. The average Bonchev–Trinajstić information content (AvgIpc) is 2.90. The number of aromatic amines is 1. The van der Waals surface area contributed by atoms with E-state index in [4.69, 9.17) is 10.5 Å². The van der Waals surface area contributed by atoms with E-state index in [9.17, 15) is 0 Å². The number of methoxy groups -OCH3 is 1.